The fourth-order valence-corrected chi connectivity index (χ4v) is 3.03. The number of imidazole rings is 1. The zero-order valence-corrected chi connectivity index (χ0v) is 14.4. The predicted octanol–water partition coefficient (Wildman–Crippen LogP) is -0.0166. The van der Waals surface area contributed by atoms with Gasteiger partial charge in [0, 0.05) is 0 Å². The van der Waals surface area contributed by atoms with E-state index in [1.165, 1.54) is 23.9 Å². The summed E-state index contributed by atoms with van der Waals surface area (Å²) >= 11 is 0. The second-order valence-electron chi connectivity index (χ2n) is 5.84. The van der Waals surface area contributed by atoms with E-state index in [4.69, 9.17) is 0 Å². The quantitative estimate of drug-likeness (QED) is 0.479. The highest BCUT2D eigenvalue weighted by molar-refractivity contribution is 5.74. The van der Waals surface area contributed by atoms with E-state index in [0.717, 1.165) is 17.6 Å². The molecule has 2 aromatic carbocycles. The molecule has 0 radical (unpaired) electrons. The highest BCUT2D eigenvalue weighted by atomic mass is 35.5. The van der Waals surface area contributed by atoms with E-state index in [2.05, 4.69) is 63.0 Å². The summed E-state index contributed by atoms with van der Waals surface area (Å²) in [5.74, 6) is 0. The first-order chi connectivity index (χ1) is 11.4. The summed E-state index contributed by atoms with van der Waals surface area (Å²) in [6.07, 6.45) is 4.57. The minimum atomic E-state index is 0. The van der Waals surface area contributed by atoms with Gasteiger partial charge in [-0.05, 0) is 30.7 Å². The summed E-state index contributed by atoms with van der Waals surface area (Å²) in [4.78, 5) is 0. The third-order valence-corrected chi connectivity index (χ3v) is 4.24. The highest BCUT2D eigenvalue weighted by Gasteiger charge is 2.16. The molecule has 0 unspecified atom stereocenters. The summed E-state index contributed by atoms with van der Waals surface area (Å²) in [6.45, 7) is 3.93. The Morgan fingerprint density at radius 2 is 1.75 bits per heavy atom. The van der Waals surface area contributed by atoms with Gasteiger partial charge < -0.3 is 12.4 Å². The van der Waals surface area contributed by atoms with Gasteiger partial charge in [-0.2, -0.15) is 0 Å². The zero-order chi connectivity index (χ0) is 15.6. The van der Waals surface area contributed by atoms with Crippen LogP contribution in [0, 0.1) is 0 Å². The van der Waals surface area contributed by atoms with Crippen molar-refractivity contribution >= 4 is 22.1 Å². The second-order valence-corrected chi connectivity index (χ2v) is 5.84. The van der Waals surface area contributed by atoms with Gasteiger partial charge in [0.25, 0.3) is 0 Å². The Balaban J connectivity index is 0.00000169. The molecule has 5 nitrogen and oxygen atoms in total. The molecule has 0 N–H and O–H groups in total. The van der Waals surface area contributed by atoms with E-state index in [0.29, 0.717) is 6.67 Å². The largest absolute Gasteiger partial charge is 1.00 e. The molecule has 2 heterocycles. The number of fused-ring (bicyclic) bond motifs is 2. The van der Waals surface area contributed by atoms with E-state index >= 15 is 0 Å². The molecule has 124 valence electrons. The topological polar surface area (TPSA) is 39.5 Å². The Kier molecular flexibility index (Phi) is 4.81. The normalized spacial score (nSPS) is 11.0. The molecule has 0 atom stereocenters. The standard InChI is InChI=1S/C18H20N5.ClH/c1-2-3-12-21-13-22(18-11-7-6-10-17(18)21)14-23-16-9-5-4-8-15(16)19-20-23;/h4-11,13H,2-3,12,14H2,1H3;1H/q+1;/p-1. The number of benzene rings is 2. The molecule has 0 aliphatic rings. The van der Waals surface area contributed by atoms with Crippen LogP contribution in [0.1, 0.15) is 19.8 Å². The van der Waals surface area contributed by atoms with Crippen LogP contribution in [0.25, 0.3) is 22.1 Å². The summed E-state index contributed by atoms with van der Waals surface area (Å²) < 4.78 is 6.52. The van der Waals surface area contributed by atoms with Gasteiger partial charge in [-0.1, -0.05) is 42.8 Å². The van der Waals surface area contributed by atoms with Gasteiger partial charge in [0.2, 0.25) is 6.33 Å². The summed E-state index contributed by atoms with van der Waals surface area (Å²) in [5.41, 5.74) is 4.49. The number of aryl methyl sites for hydroxylation is 1. The number of halogens is 1. The van der Waals surface area contributed by atoms with Crippen molar-refractivity contribution < 1.29 is 17.0 Å². The Bertz CT molecular complexity index is 956. The first-order valence-electron chi connectivity index (χ1n) is 8.12. The molecule has 4 rings (SSSR count). The molecule has 2 aromatic heterocycles. The molecule has 6 heteroatoms. The van der Waals surface area contributed by atoms with E-state index in [1.807, 2.05) is 22.9 Å². The maximum absolute atomic E-state index is 4.31. The lowest BCUT2D eigenvalue weighted by Crippen LogP contribution is -3.00. The molecule has 4 aromatic rings. The maximum Gasteiger partial charge on any atom is 0.246 e. The van der Waals surface area contributed by atoms with Crippen LogP contribution in [-0.4, -0.2) is 19.6 Å². The van der Waals surface area contributed by atoms with Crippen LogP contribution in [0.2, 0.25) is 0 Å². The van der Waals surface area contributed by atoms with Crippen molar-refractivity contribution in [2.45, 2.75) is 33.0 Å². The van der Waals surface area contributed by atoms with E-state index < -0.39 is 0 Å². The SMILES string of the molecule is CCCCn1c[n+](Cn2nnc3ccccc32)c2ccccc21.[Cl-]. The molecule has 0 fully saturated rings. The van der Waals surface area contributed by atoms with Crippen molar-refractivity contribution in [2.75, 3.05) is 0 Å². The molecular formula is C18H20ClN5. The predicted molar refractivity (Wildman–Crippen MR) is 90.0 cm³/mol. The summed E-state index contributed by atoms with van der Waals surface area (Å²) in [6, 6.07) is 16.6. The van der Waals surface area contributed by atoms with Crippen LogP contribution in [0.3, 0.4) is 0 Å². The first-order valence-corrected chi connectivity index (χ1v) is 8.12. The van der Waals surface area contributed by atoms with Crippen LogP contribution >= 0.6 is 0 Å². The number of hydrogen-bond acceptors (Lipinski definition) is 2. The fraction of sp³-hybridized carbons (Fsp3) is 0.278. The van der Waals surface area contributed by atoms with Crippen LogP contribution in [0.4, 0.5) is 0 Å². The monoisotopic (exact) mass is 341 g/mol. The Morgan fingerprint density at radius 1 is 1.00 bits per heavy atom. The van der Waals surface area contributed by atoms with E-state index in [1.54, 1.807) is 0 Å². The van der Waals surface area contributed by atoms with Gasteiger partial charge in [0.05, 0.1) is 12.1 Å². The average Bonchev–Trinajstić information content (AvgIpc) is 3.16. The average molecular weight is 342 g/mol. The lowest BCUT2D eigenvalue weighted by Gasteiger charge is -1.99. The van der Waals surface area contributed by atoms with Crippen molar-refractivity contribution in [1.29, 1.82) is 0 Å². The Labute approximate surface area is 146 Å². The fourth-order valence-electron chi connectivity index (χ4n) is 3.03. The summed E-state index contributed by atoms with van der Waals surface area (Å²) in [5, 5.41) is 8.55. The number of nitrogens with zero attached hydrogens (tertiary/aromatic N) is 5. The van der Waals surface area contributed by atoms with E-state index in [9.17, 15) is 0 Å². The number of para-hydroxylation sites is 3. The number of hydrogen-bond donors (Lipinski definition) is 0. The van der Waals surface area contributed by atoms with Gasteiger partial charge in [0.1, 0.15) is 5.52 Å². The first kappa shape index (κ1) is 16.5. The van der Waals surface area contributed by atoms with Crippen molar-refractivity contribution in [3.8, 4) is 0 Å². The van der Waals surface area contributed by atoms with Gasteiger partial charge >= 0.3 is 0 Å². The minimum Gasteiger partial charge on any atom is -1.00 e. The van der Waals surface area contributed by atoms with Crippen molar-refractivity contribution in [1.82, 2.24) is 19.6 Å². The molecule has 0 aliphatic carbocycles. The molecule has 0 saturated heterocycles. The van der Waals surface area contributed by atoms with Gasteiger partial charge in [-0.15, -0.1) is 5.10 Å². The van der Waals surface area contributed by atoms with Crippen LogP contribution in [0.5, 0.6) is 0 Å². The molecule has 0 bridgehead atoms. The lowest BCUT2D eigenvalue weighted by molar-refractivity contribution is -0.677. The van der Waals surface area contributed by atoms with Crippen molar-refractivity contribution in [2.24, 2.45) is 0 Å². The van der Waals surface area contributed by atoms with Gasteiger partial charge in [-0.3, -0.25) is 0 Å². The third kappa shape index (κ3) is 2.87. The Morgan fingerprint density at radius 3 is 2.58 bits per heavy atom. The molecule has 0 amide bonds. The van der Waals surface area contributed by atoms with Crippen molar-refractivity contribution in [3.05, 3.63) is 54.9 Å². The van der Waals surface area contributed by atoms with Crippen LogP contribution in [0.15, 0.2) is 54.9 Å². The van der Waals surface area contributed by atoms with Gasteiger partial charge in [-0.25, -0.2) is 13.8 Å². The zero-order valence-electron chi connectivity index (χ0n) is 13.6. The molecule has 0 saturated carbocycles. The molecule has 0 spiro atoms. The van der Waals surface area contributed by atoms with Crippen LogP contribution in [-0.2, 0) is 13.2 Å². The summed E-state index contributed by atoms with van der Waals surface area (Å²) in [7, 11) is 0. The maximum atomic E-state index is 4.31. The molecular weight excluding hydrogens is 322 g/mol. The number of aromatic nitrogens is 5. The minimum absolute atomic E-state index is 0. The van der Waals surface area contributed by atoms with Gasteiger partial charge in [0.15, 0.2) is 17.7 Å². The third-order valence-electron chi connectivity index (χ3n) is 4.24. The smallest absolute Gasteiger partial charge is 0.246 e. The highest BCUT2D eigenvalue weighted by Crippen LogP contribution is 2.13. The molecule has 0 aliphatic heterocycles. The van der Waals surface area contributed by atoms with Crippen LogP contribution < -0.4 is 17.0 Å². The molecule has 24 heavy (non-hydrogen) atoms. The van der Waals surface area contributed by atoms with Crippen molar-refractivity contribution in [3.63, 3.8) is 0 Å². The number of rotatable bonds is 5. The van der Waals surface area contributed by atoms with E-state index in [-0.39, 0.29) is 12.4 Å². The second kappa shape index (κ2) is 7.01. The Hall–Kier alpha value is -2.40. The number of unbranched alkanes of at least 4 members (excludes halogenated alkanes) is 1. The lowest BCUT2D eigenvalue weighted by atomic mass is 10.3.